The second kappa shape index (κ2) is 8.27. The number of nitrogens with one attached hydrogen (secondary N) is 1. The largest absolute Gasteiger partial charge is 0.380 e. The van der Waals surface area contributed by atoms with Crippen molar-refractivity contribution >= 4 is 11.3 Å². The minimum absolute atomic E-state index is 0.369. The van der Waals surface area contributed by atoms with Crippen LogP contribution in [0.25, 0.3) is 11.3 Å². The molecule has 0 aliphatic heterocycles. The first kappa shape index (κ1) is 16.1. The van der Waals surface area contributed by atoms with E-state index in [1.54, 1.807) is 11.3 Å². The summed E-state index contributed by atoms with van der Waals surface area (Å²) >= 11 is 1.71. The van der Waals surface area contributed by atoms with Gasteiger partial charge in [0, 0.05) is 30.1 Å². The van der Waals surface area contributed by atoms with E-state index in [0.29, 0.717) is 12.0 Å². The van der Waals surface area contributed by atoms with Gasteiger partial charge >= 0.3 is 0 Å². The molecule has 0 bridgehead atoms. The predicted molar refractivity (Wildman–Crippen MR) is 89.5 cm³/mol. The summed E-state index contributed by atoms with van der Waals surface area (Å²) in [6, 6.07) is 10.7. The molecule has 1 N–H and O–H groups in total. The molecule has 114 valence electrons. The highest BCUT2D eigenvalue weighted by molar-refractivity contribution is 7.09. The molecule has 21 heavy (non-hydrogen) atoms. The fourth-order valence-corrected chi connectivity index (χ4v) is 2.84. The van der Waals surface area contributed by atoms with E-state index in [4.69, 9.17) is 9.72 Å². The van der Waals surface area contributed by atoms with Crippen LogP contribution in [-0.4, -0.2) is 24.2 Å². The van der Waals surface area contributed by atoms with Gasteiger partial charge in [-0.1, -0.05) is 44.2 Å². The van der Waals surface area contributed by atoms with E-state index in [2.05, 4.69) is 36.7 Å². The molecule has 0 fully saturated rings. The third kappa shape index (κ3) is 4.92. The number of ether oxygens (including phenoxy) is 1. The van der Waals surface area contributed by atoms with Crippen molar-refractivity contribution in [3.63, 3.8) is 0 Å². The zero-order valence-corrected chi connectivity index (χ0v) is 13.8. The molecule has 0 amide bonds. The summed E-state index contributed by atoms with van der Waals surface area (Å²) in [6.45, 7) is 8.78. The summed E-state index contributed by atoms with van der Waals surface area (Å²) in [5, 5.41) is 6.80. The average molecular weight is 304 g/mol. The smallest absolute Gasteiger partial charge is 0.107 e. The van der Waals surface area contributed by atoms with Crippen LogP contribution in [0.4, 0.5) is 0 Å². The molecule has 1 atom stereocenters. The maximum absolute atomic E-state index is 5.54. The van der Waals surface area contributed by atoms with Crippen LogP contribution in [0.5, 0.6) is 0 Å². The van der Waals surface area contributed by atoms with Crippen molar-refractivity contribution in [2.24, 2.45) is 5.92 Å². The SMILES string of the molecule is CCOCC(NCc1nc(-c2ccccc2)cs1)C(C)C. The summed E-state index contributed by atoms with van der Waals surface area (Å²) in [5.41, 5.74) is 2.23. The highest BCUT2D eigenvalue weighted by Gasteiger charge is 2.13. The lowest BCUT2D eigenvalue weighted by atomic mass is 10.1. The summed E-state index contributed by atoms with van der Waals surface area (Å²) in [6.07, 6.45) is 0. The highest BCUT2D eigenvalue weighted by atomic mass is 32.1. The lowest BCUT2D eigenvalue weighted by molar-refractivity contribution is 0.108. The zero-order valence-electron chi connectivity index (χ0n) is 13.0. The summed E-state index contributed by atoms with van der Waals surface area (Å²) in [7, 11) is 0. The van der Waals surface area contributed by atoms with E-state index in [1.165, 1.54) is 5.56 Å². The summed E-state index contributed by atoms with van der Waals surface area (Å²) < 4.78 is 5.54. The van der Waals surface area contributed by atoms with Gasteiger partial charge in [-0.3, -0.25) is 0 Å². The number of rotatable bonds is 8. The maximum Gasteiger partial charge on any atom is 0.107 e. The first-order chi connectivity index (χ1) is 10.2. The van der Waals surface area contributed by atoms with Gasteiger partial charge in [-0.05, 0) is 12.8 Å². The van der Waals surface area contributed by atoms with Crippen LogP contribution in [0.1, 0.15) is 25.8 Å². The van der Waals surface area contributed by atoms with Crippen molar-refractivity contribution in [1.29, 1.82) is 0 Å². The molecular formula is C17H24N2OS. The van der Waals surface area contributed by atoms with E-state index in [0.717, 1.165) is 30.5 Å². The second-order valence-corrected chi connectivity index (χ2v) is 6.33. The number of aromatic nitrogens is 1. The van der Waals surface area contributed by atoms with Gasteiger partial charge in [0.2, 0.25) is 0 Å². The lowest BCUT2D eigenvalue weighted by Crippen LogP contribution is -2.37. The number of benzene rings is 1. The van der Waals surface area contributed by atoms with Crippen molar-refractivity contribution in [2.45, 2.75) is 33.4 Å². The molecule has 0 spiro atoms. The van der Waals surface area contributed by atoms with Crippen LogP contribution in [0, 0.1) is 5.92 Å². The van der Waals surface area contributed by atoms with E-state index in [1.807, 2.05) is 25.1 Å². The molecule has 1 unspecified atom stereocenters. The van der Waals surface area contributed by atoms with Gasteiger partial charge in [-0.25, -0.2) is 4.98 Å². The Labute approximate surface area is 131 Å². The Morgan fingerprint density at radius 3 is 2.67 bits per heavy atom. The van der Waals surface area contributed by atoms with E-state index in [9.17, 15) is 0 Å². The van der Waals surface area contributed by atoms with E-state index in [-0.39, 0.29) is 0 Å². The molecule has 4 heteroatoms. The number of hydrogen-bond acceptors (Lipinski definition) is 4. The quantitative estimate of drug-likeness (QED) is 0.801. The van der Waals surface area contributed by atoms with Gasteiger partial charge in [0.15, 0.2) is 0 Å². The van der Waals surface area contributed by atoms with Crippen molar-refractivity contribution in [1.82, 2.24) is 10.3 Å². The Kier molecular flexibility index (Phi) is 6.36. The number of thiazole rings is 1. The molecule has 2 aromatic rings. The lowest BCUT2D eigenvalue weighted by Gasteiger charge is -2.21. The predicted octanol–water partition coefficient (Wildman–Crippen LogP) is 3.96. The van der Waals surface area contributed by atoms with Crippen molar-refractivity contribution < 1.29 is 4.74 Å². The van der Waals surface area contributed by atoms with Crippen LogP contribution in [0.15, 0.2) is 35.7 Å². The second-order valence-electron chi connectivity index (χ2n) is 5.38. The van der Waals surface area contributed by atoms with E-state index >= 15 is 0 Å². The first-order valence-electron chi connectivity index (χ1n) is 7.51. The summed E-state index contributed by atoms with van der Waals surface area (Å²) in [5.74, 6) is 0.546. The molecular weight excluding hydrogens is 280 g/mol. The fourth-order valence-electron chi connectivity index (χ4n) is 2.08. The Morgan fingerprint density at radius 1 is 1.24 bits per heavy atom. The number of nitrogens with zero attached hydrogens (tertiary/aromatic N) is 1. The van der Waals surface area contributed by atoms with Crippen LogP contribution in [0.2, 0.25) is 0 Å². The molecule has 3 nitrogen and oxygen atoms in total. The first-order valence-corrected chi connectivity index (χ1v) is 8.39. The number of hydrogen-bond donors (Lipinski definition) is 1. The van der Waals surface area contributed by atoms with Gasteiger partial charge in [-0.15, -0.1) is 11.3 Å². The van der Waals surface area contributed by atoms with Gasteiger partial charge in [0.25, 0.3) is 0 Å². The Hall–Kier alpha value is -1.23. The Morgan fingerprint density at radius 2 is 2.00 bits per heavy atom. The van der Waals surface area contributed by atoms with Crippen LogP contribution < -0.4 is 5.32 Å². The normalized spacial score (nSPS) is 12.8. The molecule has 0 aliphatic carbocycles. The Balaban J connectivity index is 1.93. The third-order valence-corrected chi connectivity index (χ3v) is 4.29. The Bertz CT molecular complexity index is 525. The zero-order chi connectivity index (χ0) is 15.1. The molecule has 1 aromatic heterocycles. The van der Waals surface area contributed by atoms with Gasteiger partial charge in [0.05, 0.1) is 12.3 Å². The van der Waals surface area contributed by atoms with Crippen molar-refractivity contribution in [2.75, 3.05) is 13.2 Å². The highest BCUT2D eigenvalue weighted by Crippen LogP contribution is 2.21. The third-order valence-electron chi connectivity index (χ3n) is 3.44. The molecule has 1 heterocycles. The molecule has 0 aliphatic rings. The van der Waals surface area contributed by atoms with Gasteiger partial charge in [0.1, 0.15) is 5.01 Å². The van der Waals surface area contributed by atoms with E-state index < -0.39 is 0 Å². The molecule has 0 saturated carbocycles. The van der Waals surface area contributed by atoms with Gasteiger partial charge in [-0.2, -0.15) is 0 Å². The van der Waals surface area contributed by atoms with Gasteiger partial charge < -0.3 is 10.1 Å². The maximum atomic E-state index is 5.54. The van der Waals surface area contributed by atoms with Crippen molar-refractivity contribution in [3.05, 3.63) is 40.7 Å². The summed E-state index contributed by atoms with van der Waals surface area (Å²) in [4.78, 5) is 4.71. The van der Waals surface area contributed by atoms with Crippen molar-refractivity contribution in [3.8, 4) is 11.3 Å². The van der Waals surface area contributed by atoms with Crippen LogP contribution >= 0.6 is 11.3 Å². The van der Waals surface area contributed by atoms with Crippen LogP contribution in [-0.2, 0) is 11.3 Å². The minimum Gasteiger partial charge on any atom is -0.380 e. The molecule has 2 rings (SSSR count). The molecule has 1 aromatic carbocycles. The minimum atomic E-state index is 0.369. The molecule has 0 radical (unpaired) electrons. The fraction of sp³-hybridized carbons (Fsp3) is 0.471. The molecule has 0 saturated heterocycles. The average Bonchev–Trinajstić information content (AvgIpc) is 2.97. The topological polar surface area (TPSA) is 34.1 Å². The van der Waals surface area contributed by atoms with Crippen LogP contribution in [0.3, 0.4) is 0 Å². The standard InChI is InChI=1S/C17H24N2OS/c1-4-20-11-15(13(2)3)18-10-17-19-16(12-21-17)14-8-6-5-7-9-14/h5-9,12-13,15,18H,4,10-11H2,1-3H3. The monoisotopic (exact) mass is 304 g/mol.